The first-order chi connectivity index (χ1) is 10.8. The van der Waals surface area contributed by atoms with Gasteiger partial charge in [0.2, 0.25) is 5.91 Å². The van der Waals surface area contributed by atoms with E-state index in [1.54, 1.807) is 4.90 Å². The molecule has 3 heterocycles. The van der Waals surface area contributed by atoms with Gasteiger partial charge in [-0.05, 0) is 13.8 Å². The number of nitrogens with one attached hydrogen (secondary N) is 1. The smallest absolute Gasteiger partial charge is 0.328 e. The van der Waals surface area contributed by atoms with Crippen molar-refractivity contribution in [2.45, 2.75) is 32.6 Å². The van der Waals surface area contributed by atoms with Crippen LogP contribution in [0.1, 0.15) is 20.3 Å². The van der Waals surface area contributed by atoms with Crippen molar-refractivity contribution in [3.8, 4) is 0 Å². The lowest BCUT2D eigenvalue weighted by Gasteiger charge is -2.54. The van der Waals surface area contributed by atoms with Crippen molar-refractivity contribution in [1.82, 2.24) is 14.5 Å². The summed E-state index contributed by atoms with van der Waals surface area (Å²) in [5, 5.41) is 0. The average Bonchev–Trinajstić information content (AvgIpc) is 2.44. The molecule has 0 bridgehead atoms. The number of amides is 1. The van der Waals surface area contributed by atoms with Crippen LogP contribution in [0.5, 0.6) is 0 Å². The molecule has 1 amide bonds. The fourth-order valence-electron chi connectivity index (χ4n) is 2.85. The van der Waals surface area contributed by atoms with Crippen LogP contribution in [-0.4, -0.2) is 52.4 Å². The third-order valence-electron chi connectivity index (χ3n) is 4.32. The largest absolute Gasteiger partial charge is 0.350 e. The molecule has 1 aromatic heterocycles. The fourth-order valence-corrected chi connectivity index (χ4v) is 2.85. The quantitative estimate of drug-likeness (QED) is 0.812. The van der Waals surface area contributed by atoms with Gasteiger partial charge in [0.25, 0.3) is 5.56 Å². The number of hydrogen-bond donors (Lipinski definition) is 1. The van der Waals surface area contributed by atoms with Crippen LogP contribution < -0.4 is 11.2 Å². The van der Waals surface area contributed by atoms with Gasteiger partial charge in [-0.2, -0.15) is 0 Å². The summed E-state index contributed by atoms with van der Waals surface area (Å²) in [5.74, 6) is -0.570. The van der Waals surface area contributed by atoms with Gasteiger partial charge in [-0.3, -0.25) is 14.6 Å². The highest BCUT2D eigenvalue weighted by Crippen LogP contribution is 2.37. The Labute approximate surface area is 133 Å². The number of rotatable bonds is 3. The van der Waals surface area contributed by atoms with Crippen LogP contribution in [0.15, 0.2) is 21.9 Å². The van der Waals surface area contributed by atoms with E-state index in [0.717, 1.165) is 0 Å². The SMILES string of the molecule is CC1(C)OCC2(CO1)CN(C(=O)CCn1ccc(=O)[nH]c1=O)C2. The summed E-state index contributed by atoms with van der Waals surface area (Å²) in [6.07, 6.45) is 1.62. The third kappa shape index (κ3) is 3.37. The summed E-state index contributed by atoms with van der Waals surface area (Å²) in [7, 11) is 0. The number of likely N-dealkylation sites (tertiary alicyclic amines) is 1. The lowest BCUT2D eigenvalue weighted by molar-refractivity contribution is -0.303. The molecule has 2 aliphatic rings. The maximum atomic E-state index is 12.2. The van der Waals surface area contributed by atoms with Crippen molar-refractivity contribution in [2.75, 3.05) is 26.3 Å². The van der Waals surface area contributed by atoms with Crippen molar-refractivity contribution in [2.24, 2.45) is 5.41 Å². The number of nitrogens with zero attached hydrogens (tertiary/aromatic N) is 2. The Balaban J connectivity index is 1.50. The van der Waals surface area contributed by atoms with E-state index in [1.807, 2.05) is 13.8 Å². The molecule has 126 valence electrons. The summed E-state index contributed by atoms with van der Waals surface area (Å²) in [6.45, 7) is 6.40. The minimum atomic E-state index is -0.554. The number of ether oxygens (including phenoxy) is 2. The second-order valence-corrected chi connectivity index (χ2v) is 6.78. The molecule has 1 aromatic rings. The molecular weight excluding hydrogens is 302 g/mol. The van der Waals surface area contributed by atoms with Crippen molar-refractivity contribution < 1.29 is 14.3 Å². The first-order valence-electron chi connectivity index (χ1n) is 7.64. The van der Waals surface area contributed by atoms with Gasteiger partial charge in [0.1, 0.15) is 0 Å². The average molecular weight is 323 g/mol. The maximum absolute atomic E-state index is 12.2. The molecule has 2 aliphatic heterocycles. The number of carbonyl (C=O) groups is 1. The summed E-state index contributed by atoms with van der Waals surface area (Å²) >= 11 is 0. The summed E-state index contributed by atoms with van der Waals surface area (Å²) in [4.78, 5) is 38.7. The van der Waals surface area contributed by atoms with Crippen molar-refractivity contribution in [1.29, 1.82) is 0 Å². The molecule has 23 heavy (non-hydrogen) atoms. The van der Waals surface area contributed by atoms with E-state index in [1.165, 1.54) is 16.8 Å². The van der Waals surface area contributed by atoms with Crippen LogP contribution in [-0.2, 0) is 20.8 Å². The zero-order chi connectivity index (χ0) is 16.7. The number of H-pyrrole nitrogens is 1. The first kappa shape index (κ1) is 15.9. The molecule has 0 atom stereocenters. The Hall–Kier alpha value is -1.93. The van der Waals surface area contributed by atoms with Gasteiger partial charge in [0.05, 0.1) is 18.6 Å². The molecule has 1 spiro atoms. The third-order valence-corrected chi connectivity index (χ3v) is 4.32. The molecule has 0 aromatic carbocycles. The zero-order valence-electron chi connectivity index (χ0n) is 13.3. The van der Waals surface area contributed by atoms with E-state index in [0.29, 0.717) is 26.3 Å². The molecular formula is C15H21N3O5. The Morgan fingerprint density at radius 2 is 1.91 bits per heavy atom. The summed E-state index contributed by atoms with van der Waals surface area (Å²) in [5.41, 5.74) is -1.04. The van der Waals surface area contributed by atoms with E-state index in [4.69, 9.17) is 9.47 Å². The van der Waals surface area contributed by atoms with Crippen LogP contribution in [0.2, 0.25) is 0 Å². The molecule has 0 saturated carbocycles. The van der Waals surface area contributed by atoms with E-state index in [-0.39, 0.29) is 24.3 Å². The Kier molecular flexibility index (Phi) is 3.89. The van der Waals surface area contributed by atoms with Crippen LogP contribution in [0.3, 0.4) is 0 Å². The van der Waals surface area contributed by atoms with Gasteiger partial charge in [0.15, 0.2) is 5.79 Å². The normalized spacial score (nSPS) is 21.9. The zero-order valence-corrected chi connectivity index (χ0v) is 13.3. The van der Waals surface area contributed by atoms with E-state index in [2.05, 4.69) is 4.98 Å². The molecule has 1 N–H and O–H groups in total. The molecule has 3 rings (SSSR count). The van der Waals surface area contributed by atoms with Gasteiger partial charge in [-0.1, -0.05) is 0 Å². The van der Waals surface area contributed by atoms with Crippen molar-refractivity contribution >= 4 is 5.91 Å². The van der Waals surface area contributed by atoms with Crippen LogP contribution in [0.4, 0.5) is 0 Å². The number of hydrogen-bond acceptors (Lipinski definition) is 5. The highest BCUT2D eigenvalue weighted by molar-refractivity contribution is 5.77. The molecule has 2 fully saturated rings. The Morgan fingerprint density at radius 3 is 2.52 bits per heavy atom. The maximum Gasteiger partial charge on any atom is 0.328 e. The number of aromatic amines is 1. The summed E-state index contributed by atoms with van der Waals surface area (Å²) < 4.78 is 12.7. The molecule has 0 unspecified atom stereocenters. The lowest BCUT2D eigenvalue weighted by atomic mass is 9.80. The van der Waals surface area contributed by atoms with Gasteiger partial charge in [-0.15, -0.1) is 0 Å². The van der Waals surface area contributed by atoms with Crippen LogP contribution in [0.25, 0.3) is 0 Å². The molecule has 0 radical (unpaired) electrons. The van der Waals surface area contributed by atoms with E-state index in [9.17, 15) is 14.4 Å². The minimum Gasteiger partial charge on any atom is -0.350 e. The van der Waals surface area contributed by atoms with E-state index < -0.39 is 17.0 Å². The highest BCUT2D eigenvalue weighted by atomic mass is 16.7. The van der Waals surface area contributed by atoms with Crippen molar-refractivity contribution in [3.05, 3.63) is 33.1 Å². The lowest BCUT2D eigenvalue weighted by Crippen LogP contribution is -2.65. The summed E-state index contributed by atoms with van der Waals surface area (Å²) in [6, 6.07) is 1.27. The first-order valence-corrected chi connectivity index (χ1v) is 7.64. The standard InChI is InChI=1S/C15H21N3O5/c1-14(2)22-9-15(10-23-14)7-18(8-15)12(20)4-6-17-5-3-11(19)16-13(17)21/h3,5H,4,6-10H2,1-2H3,(H,16,19,21). The Morgan fingerprint density at radius 1 is 1.26 bits per heavy atom. The monoisotopic (exact) mass is 323 g/mol. The minimum absolute atomic E-state index is 0.0152. The van der Waals surface area contributed by atoms with Gasteiger partial charge < -0.3 is 18.9 Å². The predicted octanol–water partition coefficient (Wildman–Crippen LogP) is -0.462. The molecule has 8 nitrogen and oxygen atoms in total. The van der Waals surface area contributed by atoms with Crippen LogP contribution in [0, 0.1) is 5.41 Å². The Bertz CT molecular complexity index is 702. The topological polar surface area (TPSA) is 93.6 Å². The van der Waals surface area contributed by atoms with Gasteiger partial charge in [0, 0.05) is 38.3 Å². The number of carbonyl (C=O) groups excluding carboxylic acids is 1. The van der Waals surface area contributed by atoms with Gasteiger partial charge in [-0.25, -0.2) is 4.79 Å². The van der Waals surface area contributed by atoms with Crippen molar-refractivity contribution in [3.63, 3.8) is 0 Å². The van der Waals surface area contributed by atoms with E-state index >= 15 is 0 Å². The van der Waals surface area contributed by atoms with Crippen LogP contribution >= 0.6 is 0 Å². The second-order valence-electron chi connectivity index (χ2n) is 6.78. The molecule has 0 aliphatic carbocycles. The number of aryl methyl sites for hydroxylation is 1. The molecule has 2 saturated heterocycles. The molecule has 8 heteroatoms. The second kappa shape index (κ2) is 5.61. The fraction of sp³-hybridized carbons (Fsp3) is 0.667. The predicted molar refractivity (Wildman–Crippen MR) is 80.9 cm³/mol. The number of aromatic nitrogens is 2. The highest BCUT2D eigenvalue weighted by Gasteiger charge is 2.49. The van der Waals surface area contributed by atoms with Gasteiger partial charge >= 0.3 is 5.69 Å².